The van der Waals surface area contributed by atoms with E-state index in [1.165, 1.54) is 0 Å². The first kappa shape index (κ1) is 25.8. The molecule has 0 radical (unpaired) electrons. The molecule has 0 atom stereocenters. The van der Waals surface area contributed by atoms with Crippen LogP contribution >= 0.6 is 0 Å². The number of H-pyrrole nitrogens is 2. The maximum Gasteiger partial charge on any atom is 0.161 e. The lowest BCUT2D eigenvalue weighted by atomic mass is 10.1. The molecule has 2 N–H and O–H groups in total. The van der Waals surface area contributed by atoms with Gasteiger partial charge in [-0.2, -0.15) is 0 Å². The van der Waals surface area contributed by atoms with Gasteiger partial charge in [0.25, 0.3) is 0 Å². The van der Waals surface area contributed by atoms with Gasteiger partial charge in [0.1, 0.15) is 11.0 Å². The summed E-state index contributed by atoms with van der Waals surface area (Å²) in [5, 5.41) is 0. The number of methoxy groups -OCH3 is 2. The number of aromatic amines is 2. The third kappa shape index (κ3) is 5.23. The summed E-state index contributed by atoms with van der Waals surface area (Å²) in [5.41, 5.74) is 10.4. The summed E-state index contributed by atoms with van der Waals surface area (Å²) in [6.45, 7) is 1.95. The highest BCUT2D eigenvalue weighted by atomic mass is 16.5. The third-order valence-electron chi connectivity index (χ3n) is 6.73. The van der Waals surface area contributed by atoms with Crippen molar-refractivity contribution in [1.29, 1.82) is 0 Å². The standard InChI is InChI=1S/C20H17N3O2.C13H11N3/c1-24-17-9-8-14(10-18(17)25-2)16-12-22-20-19(23-16)15(11-21-20)13-6-4-3-5-7-13;1-9-7-14-13-12(16-9)11(8-15-13)10-5-3-2-4-6-10/h3-12H,1-2H3,(H,21,22);2-8H,1H3,(H,14,15). The number of benzene rings is 3. The van der Waals surface area contributed by atoms with Crippen molar-refractivity contribution in [2.75, 3.05) is 14.2 Å². The Morgan fingerprint density at radius 1 is 0.585 bits per heavy atom. The molecule has 41 heavy (non-hydrogen) atoms. The zero-order valence-electron chi connectivity index (χ0n) is 22.9. The molecule has 8 nitrogen and oxygen atoms in total. The van der Waals surface area contributed by atoms with Gasteiger partial charge >= 0.3 is 0 Å². The summed E-state index contributed by atoms with van der Waals surface area (Å²) in [5.74, 6) is 1.35. The van der Waals surface area contributed by atoms with Crippen LogP contribution in [0.3, 0.4) is 0 Å². The maximum absolute atomic E-state index is 5.38. The smallest absolute Gasteiger partial charge is 0.161 e. The van der Waals surface area contributed by atoms with Crippen LogP contribution in [0.4, 0.5) is 0 Å². The lowest BCUT2D eigenvalue weighted by Gasteiger charge is -2.09. The Bertz CT molecular complexity index is 1930. The molecular weight excluding hydrogens is 512 g/mol. The average Bonchev–Trinajstić information content (AvgIpc) is 3.65. The molecule has 0 fully saturated rings. The second-order valence-corrected chi connectivity index (χ2v) is 9.37. The minimum Gasteiger partial charge on any atom is -0.493 e. The summed E-state index contributed by atoms with van der Waals surface area (Å²) in [4.78, 5) is 24.5. The van der Waals surface area contributed by atoms with Gasteiger partial charge < -0.3 is 19.4 Å². The summed E-state index contributed by atoms with van der Waals surface area (Å²) < 4.78 is 10.7. The fourth-order valence-electron chi connectivity index (χ4n) is 4.68. The third-order valence-corrected chi connectivity index (χ3v) is 6.73. The van der Waals surface area contributed by atoms with Crippen LogP contribution in [0.15, 0.2) is 104 Å². The lowest BCUT2D eigenvalue weighted by Crippen LogP contribution is -1.93. The second kappa shape index (κ2) is 11.3. The van der Waals surface area contributed by atoms with E-state index in [9.17, 15) is 0 Å². The van der Waals surface area contributed by atoms with Crippen molar-refractivity contribution in [2.45, 2.75) is 6.92 Å². The maximum atomic E-state index is 5.38. The first-order valence-corrected chi connectivity index (χ1v) is 13.1. The van der Waals surface area contributed by atoms with Crippen molar-refractivity contribution in [3.8, 4) is 45.0 Å². The van der Waals surface area contributed by atoms with E-state index in [0.717, 1.165) is 61.5 Å². The van der Waals surface area contributed by atoms with E-state index in [-0.39, 0.29) is 0 Å². The summed E-state index contributed by atoms with van der Waals surface area (Å²) in [6.07, 6.45) is 7.43. The largest absolute Gasteiger partial charge is 0.493 e. The molecule has 0 unspecified atom stereocenters. The number of nitrogens with one attached hydrogen (secondary N) is 2. The molecular formula is C33H28N6O2. The van der Waals surface area contributed by atoms with Crippen LogP contribution in [0.5, 0.6) is 11.5 Å². The number of aryl methyl sites for hydroxylation is 1. The molecule has 0 amide bonds. The molecule has 0 aliphatic carbocycles. The topological polar surface area (TPSA) is 102 Å². The van der Waals surface area contributed by atoms with Gasteiger partial charge in [-0.15, -0.1) is 0 Å². The van der Waals surface area contributed by atoms with E-state index in [1.807, 2.05) is 73.9 Å². The summed E-state index contributed by atoms with van der Waals surface area (Å²) in [7, 11) is 3.24. The van der Waals surface area contributed by atoms with E-state index in [1.54, 1.807) is 26.6 Å². The Morgan fingerprint density at radius 3 is 1.73 bits per heavy atom. The Labute approximate surface area is 237 Å². The monoisotopic (exact) mass is 540 g/mol. The highest BCUT2D eigenvalue weighted by molar-refractivity contribution is 5.92. The van der Waals surface area contributed by atoms with Gasteiger partial charge in [-0.1, -0.05) is 60.7 Å². The molecule has 0 saturated heterocycles. The van der Waals surface area contributed by atoms with Crippen LogP contribution in [0, 0.1) is 6.92 Å². The molecule has 7 rings (SSSR count). The Kier molecular flexibility index (Phi) is 7.11. The molecule has 0 spiro atoms. The first-order chi connectivity index (χ1) is 20.1. The van der Waals surface area contributed by atoms with Crippen molar-refractivity contribution >= 4 is 22.3 Å². The van der Waals surface area contributed by atoms with Gasteiger partial charge in [-0.05, 0) is 36.2 Å². The van der Waals surface area contributed by atoms with Crippen LogP contribution in [0.2, 0.25) is 0 Å². The van der Waals surface area contributed by atoms with Gasteiger partial charge in [-0.3, -0.25) is 0 Å². The number of ether oxygens (including phenoxy) is 2. The van der Waals surface area contributed by atoms with Crippen LogP contribution in [-0.4, -0.2) is 44.1 Å². The number of aromatic nitrogens is 6. The quantitative estimate of drug-likeness (QED) is 0.239. The Balaban J connectivity index is 0.000000162. The Morgan fingerprint density at radius 2 is 1.15 bits per heavy atom. The zero-order valence-corrected chi connectivity index (χ0v) is 22.9. The van der Waals surface area contributed by atoms with E-state index < -0.39 is 0 Å². The number of hydrogen-bond donors (Lipinski definition) is 2. The molecule has 3 aromatic carbocycles. The minimum absolute atomic E-state index is 0.666. The highest BCUT2D eigenvalue weighted by Gasteiger charge is 2.12. The van der Waals surface area contributed by atoms with Crippen molar-refractivity contribution in [1.82, 2.24) is 29.9 Å². The number of fused-ring (bicyclic) bond motifs is 2. The predicted octanol–water partition coefficient (Wildman–Crippen LogP) is 7.24. The van der Waals surface area contributed by atoms with Crippen LogP contribution in [0.1, 0.15) is 5.69 Å². The van der Waals surface area contributed by atoms with E-state index in [4.69, 9.17) is 14.5 Å². The average molecular weight is 541 g/mol. The number of hydrogen-bond acceptors (Lipinski definition) is 6. The molecule has 0 aliphatic heterocycles. The van der Waals surface area contributed by atoms with Crippen molar-refractivity contribution in [2.24, 2.45) is 0 Å². The normalized spacial score (nSPS) is 10.8. The number of rotatable bonds is 5. The van der Waals surface area contributed by atoms with Gasteiger partial charge in [0.2, 0.25) is 0 Å². The van der Waals surface area contributed by atoms with Crippen LogP contribution < -0.4 is 9.47 Å². The SMILES string of the molecule is COc1ccc(-c2cnc3[nH]cc(-c4ccccc4)c3n2)cc1OC.Cc1cnc2[nH]cc(-c3ccccc3)c2n1. The van der Waals surface area contributed by atoms with Crippen molar-refractivity contribution < 1.29 is 9.47 Å². The molecule has 0 bridgehead atoms. The van der Waals surface area contributed by atoms with E-state index in [2.05, 4.69) is 49.2 Å². The van der Waals surface area contributed by atoms with E-state index in [0.29, 0.717) is 11.5 Å². The molecule has 0 aliphatic rings. The van der Waals surface area contributed by atoms with Crippen LogP contribution in [-0.2, 0) is 0 Å². The van der Waals surface area contributed by atoms with Gasteiger partial charge in [0.15, 0.2) is 22.8 Å². The first-order valence-electron chi connectivity index (χ1n) is 13.1. The lowest BCUT2D eigenvalue weighted by molar-refractivity contribution is 0.355. The van der Waals surface area contributed by atoms with Gasteiger partial charge in [0.05, 0.1) is 38.0 Å². The van der Waals surface area contributed by atoms with Crippen LogP contribution in [0.25, 0.3) is 55.8 Å². The molecule has 202 valence electrons. The predicted molar refractivity (Wildman–Crippen MR) is 162 cm³/mol. The Hall–Kier alpha value is -5.50. The molecule has 8 heteroatoms. The van der Waals surface area contributed by atoms with E-state index >= 15 is 0 Å². The van der Waals surface area contributed by atoms with Gasteiger partial charge in [0, 0.05) is 29.1 Å². The molecule has 7 aromatic rings. The molecule has 0 saturated carbocycles. The zero-order chi connectivity index (χ0) is 28.2. The fourth-order valence-corrected chi connectivity index (χ4v) is 4.68. The fraction of sp³-hybridized carbons (Fsp3) is 0.0909. The number of nitrogens with zero attached hydrogens (tertiary/aromatic N) is 4. The summed E-state index contributed by atoms with van der Waals surface area (Å²) in [6, 6.07) is 26.1. The summed E-state index contributed by atoms with van der Waals surface area (Å²) >= 11 is 0. The molecule has 4 aromatic heterocycles. The van der Waals surface area contributed by atoms with Crippen molar-refractivity contribution in [3.05, 3.63) is 109 Å². The van der Waals surface area contributed by atoms with Gasteiger partial charge in [-0.25, -0.2) is 19.9 Å². The molecule has 4 heterocycles. The second-order valence-electron chi connectivity index (χ2n) is 9.37. The van der Waals surface area contributed by atoms with Crippen molar-refractivity contribution in [3.63, 3.8) is 0 Å². The minimum atomic E-state index is 0.666. The highest BCUT2D eigenvalue weighted by Crippen LogP contribution is 2.33.